The molecule has 0 aliphatic carbocycles. The van der Waals surface area contributed by atoms with Crippen molar-refractivity contribution in [3.8, 4) is 16.5 Å². The van der Waals surface area contributed by atoms with Crippen LogP contribution in [0.25, 0.3) is 10.7 Å². The molecule has 130 valence electrons. The second-order valence-corrected chi connectivity index (χ2v) is 5.70. The molecule has 0 atom stereocenters. The van der Waals surface area contributed by atoms with Crippen molar-refractivity contribution in [3.05, 3.63) is 51.7 Å². The molecule has 11 heteroatoms. The Labute approximate surface area is 143 Å². The average molecular weight is 367 g/mol. The van der Waals surface area contributed by atoms with Crippen LogP contribution < -0.4 is 10.1 Å². The number of nitro benzene ring substituents is 1. The molecule has 0 unspecified atom stereocenters. The second-order valence-electron chi connectivity index (χ2n) is 4.75. The van der Waals surface area contributed by atoms with Crippen molar-refractivity contribution in [2.75, 3.05) is 5.32 Å². The van der Waals surface area contributed by atoms with Crippen LogP contribution in [0.5, 0.6) is 5.75 Å². The third kappa shape index (κ3) is 4.07. The maximum Gasteiger partial charge on any atom is 0.387 e. The summed E-state index contributed by atoms with van der Waals surface area (Å²) in [7, 11) is 0. The number of ether oxygens (including phenoxy) is 1. The van der Waals surface area contributed by atoms with E-state index in [0.29, 0.717) is 17.3 Å². The average Bonchev–Trinajstić information content (AvgIpc) is 3.23. The molecular formula is C14H11F2N5O3S. The van der Waals surface area contributed by atoms with Gasteiger partial charge in [0.1, 0.15) is 5.82 Å². The summed E-state index contributed by atoms with van der Waals surface area (Å²) in [6, 6.07) is 7.40. The van der Waals surface area contributed by atoms with Crippen LogP contribution in [0, 0.1) is 10.1 Å². The highest BCUT2D eigenvalue weighted by Crippen LogP contribution is 2.31. The first-order valence-corrected chi connectivity index (χ1v) is 7.83. The maximum atomic E-state index is 12.4. The lowest BCUT2D eigenvalue weighted by Gasteiger charge is -2.08. The molecule has 0 spiro atoms. The van der Waals surface area contributed by atoms with Gasteiger partial charge in [0.05, 0.1) is 16.3 Å². The number of aromatic nitrogens is 3. The predicted octanol–water partition coefficient (Wildman–Crippen LogP) is 3.65. The van der Waals surface area contributed by atoms with Crippen LogP contribution in [-0.4, -0.2) is 26.7 Å². The number of aromatic amines is 1. The van der Waals surface area contributed by atoms with Gasteiger partial charge in [-0.05, 0) is 17.5 Å². The van der Waals surface area contributed by atoms with Crippen molar-refractivity contribution in [2.24, 2.45) is 0 Å². The van der Waals surface area contributed by atoms with Crippen LogP contribution in [-0.2, 0) is 6.54 Å². The minimum Gasteiger partial charge on any atom is -0.427 e. The first kappa shape index (κ1) is 16.8. The Balaban J connectivity index is 1.71. The molecule has 1 aromatic carbocycles. The number of rotatable bonds is 7. The molecule has 0 amide bonds. The van der Waals surface area contributed by atoms with E-state index in [-0.39, 0.29) is 6.54 Å². The van der Waals surface area contributed by atoms with Crippen molar-refractivity contribution in [1.82, 2.24) is 15.2 Å². The van der Waals surface area contributed by atoms with Crippen LogP contribution in [0.2, 0.25) is 0 Å². The standard InChI is InChI=1S/C14H11F2N5O3S/c15-14(16)24-10-6-8(3-4-9(10)21(22)23)17-7-12-18-13(20-19-12)11-2-1-5-25-11/h1-6,14,17H,7H2,(H,18,19,20). The molecule has 2 aromatic heterocycles. The number of nitrogens with one attached hydrogen (secondary N) is 2. The van der Waals surface area contributed by atoms with Gasteiger partial charge >= 0.3 is 12.3 Å². The molecule has 0 aliphatic heterocycles. The van der Waals surface area contributed by atoms with Crippen LogP contribution >= 0.6 is 11.3 Å². The number of nitrogens with zero attached hydrogens (tertiary/aromatic N) is 3. The smallest absolute Gasteiger partial charge is 0.387 e. The Hall–Kier alpha value is -3.08. The molecule has 0 fully saturated rings. The molecule has 2 N–H and O–H groups in total. The number of hydrogen-bond donors (Lipinski definition) is 2. The highest BCUT2D eigenvalue weighted by Gasteiger charge is 2.19. The SMILES string of the molecule is O=[N+]([O-])c1ccc(NCc2nc(-c3cccs3)n[nH]2)cc1OC(F)F. The first-order chi connectivity index (χ1) is 12.0. The Bertz CT molecular complexity index is 869. The summed E-state index contributed by atoms with van der Waals surface area (Å²) in [6.07, 6.45) is 0. The van der Waals surface area contributed by atoms with Gasteiger partial charge in [0.15, 0.2) is 5.82 Å². The Morgan fingerprint density at radius 2 is 2.24 bits per heavy atom. The van der Waals surface area contributed by atoms with Gasteiger partial charge in [0, 0.05) is 17.8 Å². The molecule has 3 aromatic rings. The lowest BCUT2D eigenvalue weighted by atomic mass is 10.2. The van der Waals surface area contributed by atoms with E-state index >= 15 is 0 Å². The van der Waals surface area contributed by atoms with Crippen molar-refractivity contribution in [2.45, 2.75) is 13.2 Å². The number of alkyl halides is 2. The van der Waals surface area contributed by atoms with Gasteiger partial charge in [-0.15, -0.1) is 11.3 Å². The van der Waals surface area contributed by atoms with E-state index in [1.807, 2.05) is 17.5 Å². The second kappa shape index (κ2) is 7.21. The summed E-state index contributed by atoms with van der Waals surface area (Å²) in [6.45, 7) is -2.93. The number of halogens is 2. The molecule has 0 radical (unpaired) electrons. The minimum atomic E-state index is -3.16. The normalized spacial score (nSPS) is 10.8. The fraction of sp³-hybridized carbons (Fsp3) is 0.143. The van der Waals surface area contributed by atoms with E-state index in [1.165, 1.54) is 17.4 Å². The number of anilines is 1. The van der Waals surface area contributed by atoms with Crippen LogP contribution in [0.15, 0.2) is 35.7 Å². The quantitative estimate of drug-likeness (QED) is 0.488. The van der Waals surface area contributed by atoms with Gasteiger partial charge in [0.25, 0.3) is 0 Å². The van der Waals surface area contributed by atoms with E-state index in [4.69, 9.17) is 0 Å². The number of benzene rings is 1. The fourth-order valence-electron chi connectivity index (χ4n) is 2.04. The van der Waals surface area contributed by atoms with Crippen molar-refractivity contribution >= 4 is 22.7 Å². The predicted molar refractivity (Wildman–Crippen MR) is 86.8 cm³/mol. The zero-order valence-electron chi connectivity index (χ0n) is 12.5. The summed E-state index contributed by atoms with van der Waals surface area (Å²) in [4.78, 5) is 15.3. The number of hydrogen-bond acceptors (Lipinski definition) is 7. The van der Waals surface area contributed by atoms with Gasteiger partial charge < -0.3 is 10.1 Å². The zero-order valence-corrected chi connectivity index (χ0v) is 13.3. The molecule has 0 saturated carbocycles. The first-order valence-electron chi connectivity index (χ1n) is 6.95. The molecule has 3 rings (SSSR count). The third-order valence-electron chi connectivity index (χ3n) is 3.11. The highest BCUT2D eigenvalue weighted by molar-refractivity contribution is 7.13. The minimum absolute atomic E-state index is 0.226. The Morgan fingerprint density at radius 3 is 2.92 bits per heavy atom. The van der Waals surface area contributed by atoms with Crippen LogP contribution in [0.1, 0.15) is 5.82 Å². The van der Waals surface area contributed by atoms with Crippen molar-refractivity contribution < 1.29 is 18.4 Å². The van der Waals surface area contributed by atoms with Gasteiger partial charge in [0.2, 0.25) is 5.75 Å². The Morgan fingerprint density at radius 1 is 1.40 bits per heavy atom. The van der Waals surface area contributed by atoms with Gasteiger partial charge in [-0.2, -0.15) is 13.9 Å². The number of H-pyrrole nitrogens is 1. The number of nitro groups is 1. The summed E-state index contributed by atoms with van der Waals surface area (Å²) in [5.74, 6) is 0.567. The van der Waals surface area contributed by atoms with Gasteiger partial charge in [-0.3, -0.25) is 15.2 Å². The van der Waals surface area contributed by atoms with Crippen LogP contribution in [0.3, 0.4) is 0 Å². The van der Waals surface area contributed by atoms with E-state index in [2.05, 4.69) is 25.2 Å². The lowest BCUT2D eigenvalue weighted by molar-refractivity contribution is -0.386. The molecular weight excluding hydrogens is 356 g/mol. The topological polar surface area (TPSA) is 106 Å². The van der Waals surface area contributed by atoms with Crippen LogP contribution in [0.4, 0.5) is 20.2 Å². The molecule has 0 bridgehead atoms. The number of thiophene rings is 1. The largest absolute Gasteiger partial charge is 0.427 e. The zero-order chi connectivity index (χ0) is 17.8. The molecule has 25 heavy (non-hydrogen) atoms. The maximum absolute atomic E-state index is 12.4. The molecule has 0 aliphatic rings. The molecule has 8 nitrogen and oxygen atoms in total. The third-order valence-corrected chi connectivity index (χ3v) is 3.97. The van der Waals surface area contributed by atoms with E-state index in [0.717, 1.165) is 17.0 Å². The van der Waals surface area contributed by atoms with E-state index in [9.17, 15) is 18.9 Å². The summed E-state index contributed by atoms with van der Waals surface area (Å²) < 4.78 is 29.0. The van der Waals surface area contributed by atoms with Crippen molar-refractivity contribution in [1.29, 1.82) is 0 Å². The van der Waals surface area contributed by atoms with E-state index < -0.39 is 23.0 Å². The van der Waals surface area contributed by atoms with Gasteiger partial charge in [-0.25, -0.2) is 4.98 Å². The van der Waals surface area contributed by atoms with Gasteiger partial charge in [-0.1, -0.05) is 6.07 Å². The van der Waals surface area contributed by atoms with E-state index in [1.54, 1.807) is 0 Å². The molecule has 0 saturated heterocycles. The Kier molecular flexibility index (Phi) is 4.84. The summed E-state index contributed by atoms with van der Waals surface area (Å²) >= 11 is 1.50. The lowest BCUT2D eigenvalue weighted by Crippen LogP contribution is -2.06. The summed E-state index contributed by atoms with van der Waals surface area (Å²) in [5.41, 5.74) is -0.166. The highest BCUT2D eigenvalue weighted by atomic mass is 32.1. The molecule has 2 heterocycles. The summed E-state index contributed by atoms with van der Waals surface area (Å²) in [5, 5.41) is 22.5. The fourth-order valence-corrected chi connectivity index (χ4v) is 2.70. The monoisotopic (exact) mass is 367 g/mol. The van der Waals surface area contributed by atoms with Crippen molar-refractivity contribution in [3.63, 3.8) is 0 Å².